The van der Waals surface area contributed by atoms with Crippen LogP contribution in [0.5, 0.6) is 11.5 Å². The number of benzene rings is 2. The molecule has 8 nitrogen and oxygen atoms in total. The molecule has 5 rings (SSSR count). The lowest BCUT2D eigenvalue weighted by molar-refractivity contribution is 0.0384. The average molecular weight is 460 g/mol. The number of morpholine rings is 1. The van der Waals surface area contributed by atoms with Crippen LogP contribution in [-0.2, 0) is 11.2 Å². The lowest BCUT2D eigenvalue weighted by Crippen LogP contribution is -2.37. The number of aromatic nitrogens is 3. The Balaban J connectivity index is 1.37. The van der Waals surface area contributed by atoms with Crippen LogP contribution in [0.4, 0.5) is 11.6 Å². The Morgan fingerprint density at radius 1 is 0.971 bits per heavy atom. The van der Waals surface area contributed by atoms with Gasteiger partial charge < -0.3 is 19.5 Å². The summed E-state index contributed by atoms with van der Waals surface area (Å²) < 4.78 is 18.5. The summed E-state index contributed by atoms with van der Waals surface area (Å²) in [7, 11) is 3.36. The SMILES string of the molecule is COc1cc(CCN2CCOCC2)ccc1Nc1ncc2ccc(-c3ccccc3OC)n2n1. The number of nitrogens with zero attached hydrogens (tertiary/aromatic N) is 4. The average Bonchev–Trinajstić information content (AvgIpc) is 3.31. The van der Waals surface area contributed by atoms with Gasteiger partial charge >= 0.3 is 0 Å². The molecule has 0 atom stereocenters. The van der Waals surface area contributed by atoms with Crippen LogP contribution in [0.3, 0.4) is 0 Å². The molecule has 4 aromatic rings. The Kier molecular flexibility index (Phi) is 6.60. The zero-order valence-corrected chi connectivity index (χ0v) is 19.5. The van der Waals surface area contributed by atoms with Crippen molar-refractivity contribution in [1.29, 1.82) is 0 Å². The lowest BCUT2D eigenvalue weighted by Gasteiger charge is -2.26. The van der Waals surface area contributed by atoms with Crippen LogP contribution >= 0.6 is 0 Å². The third-order valence-corrected chi connectivity index (χ3v) is 6.11. The zero-order chi connectivity index (χ0) is 23.3. The lowest BCUT2D eigenvalue weighted by atomic mass is 10.1. The fourth-order valence-electron chi connectivity index (χ4n) is 4.25. The van der Waals surface area contributed by atoms with Crippen LogP contribution in [-0.4, -0.2) is 66.6 Å². The van der Waals surface area contributed by atoms with Gasteiger partial charge in [0.15, 0.2) is 0 Å². The Morgan fingerprint density at radius 2 is 1.79 bits per heavy atom. The molecular weight excluding hydrogens is 430 g/mol. The summed E-state index contributed by atoms with van der Waals surface area (Å²) >= 11 is 0. The van der Waals surface area contributed by atoms with Crippen molar-refractivity contribution in [2.24, 2.45) is 0 Å². The normalized spacial score (nSPS) is 14.3. The van der Waals surface area contributed by atoms with Crippen molar-refractivity contribution < 1.29 is 14.2 Å². The van der Waals surface area contributed by atoms with E-state index in [0.717, 1.165) is 73.2 Å². The Labute approximate surface area is 199 Å². The molecule has 34 heavy (non-hydrogen) atoms. The van der Waals surface area contributed by atoms with E-state index in [2.05, 4.69) is 27.3 Å². The molecule has 176 valence electrons. The molecule has 0 saturated carbocycles. The summed E-state index contributed by atoms with van der Waals surface area (Å²) in [6, 6.07) is 18.2. The number of para-hydroxylation sites is 1. The fraction of sp³-hybridized carbons (Fsp3) is 0.308. The highest BCUT2D eigenvalue weighted by molar-refractivity contribution is 5.72. The van der Waals surface area contributed by atoms with E-state index in [0.29, 0.717) is 5.95 Å². The molecule has 0 aliphatic carbocycles. The van der Waals surface area contributed by atoms with Crippen molar-refractivity contribution in [3.63, 3.8) is 0 Å². The molecule has 0 amide bonds. The topological polar surface area (TPSA) is 73.2 Å². The maximum atomic E-state index is 5.67. The molecule has 1 aliphatic heterocycles. The van der Waals surface area contributed by atoms with Gasteiger partial charge in [0.05, 0.1) is 50.5 Å². The van der Waals surface area contributed by atoms with Gasteiger partial charge in [0, 0.05) is 25.2 Å². The van der Waals surface area contributed by atoms with Crippen LogP contribution in [0, 0.1) is 0 Å². The van der Waals surface area contributed by atoms with Crippen molar-refractivity contribution in [2.45, 2.75) is 6.42 Å². The van der Waals surface area contributed by atoms with Crippen molar-refractivity contribution in [1.82, 2.24) is 19.5 Å². The minimum Gasteiger partial charge on any atom is -0.496 e. The van der Waals surface area contributed by atoms with E-state index in [1.165, 1.54) is 5.56 Å². The summed E-state index contributed by atoms with van der Waals surface area (Å²) in [6.45, 7) is 4.63. The molecular formula is C26H29N5O3. The van der Waals surface area contributed by atoms with Crippen molar-refractivity contribution >= 4 is 17.2 Å². The summed E-state index contributed by atoms with van der Waals surface area (Å²) in [5, 5.41) is 8.06. The minimum absolute atomic E-state index is 0.485. The van der Waals surface area contributed by atoms with E-state index in [1.54, 1.807) is 20.4 Å². The van der Waals surface area contributed by atoms with Crippen LogP contribution in [0.2, 0.25) is 0 Å². The van der Waals surface area contributed by atoms with E-state index >= 15 is 0 Å². The first-order valence-electron chi connectivity index (χ1n) is 11.5. The molecule has 3 heterocycles. The largest absolute Gasteiger partial charge is 0.496 e. The number of fused-ring (bicyclic) bond motifs is 1. The van der Waals surface area contributed by atoms with E-state index < -0.39 is 0 Å². The Hall–Kier alpha value is -3.62. The van der Waals surface area contributed by atoms with Crippen molar-refractivity contribution in [3.05, 3.63) is 66.4 Å². The van der Waals surface area contributed by atoms with Crippen LogP contribution < -0.4 is 14.8 Å². The van der Waals surface area contributed by atoms with Gasteiger partial charge in [0.1, 0.15) is 11.5 Å². The van der Waals surface area contributed by atoms with Crippen LogP contribution in [0.15, 0.2) is 60.8 Å². The molecule has 2 aromatic heterocycles. The van der Waals surface area contributed by atoms with E-state index in [-0.39, 0.29) is 0 Å². The second-order valence-electron chi connectivity index (χ2n) is 8.20. The van der Waals surface area contributed by atoms with Crippen LogP contribution in [0.25, 0.3) is 16.8 Å². The first-order chi connectivity index (χ1) is 16.7. The number of methoxy groups -OCH3 is 2. The number of rotatable bonds is 8. The highest BCUT2D eigenvalue weighted by atomic mass is 16.5. The summed E-state index contributed by atoms with van der Waals surface area (Å²) in [5.41, 5.74) is 4.86. The molecule has 1 aliphatic rings. The standard InChI is InChI=1S/C26H29N5O3/c1-32-24-6-4-3-5-21(24)23-10-8-20-18-27-26(29-31(20)23)28-22-9-7-19(17-25(22)33-2)11-12-30-13-15-34-16-14-30/h3-10,17-18H,11-16H2,1-2H3,(H,28,29). The third-order valence-electron chi connectivity index (χ3n) is 6.11. The first-order valence-corrected chi connectivity index (χ1v) is 11.5. The van der Waals surface area contributed by atoms with Crippen LogP contribution in [0.1, 0.15) is 5.56 Å². The first kappa shape index (κ1) is 22.2. The molecule has 0 spiro atoms. The Morgan fingerprint density at radius 3 is 2.62 bits per heavy atom. The van der Waals surface area contributed by atoms with Crippen molar-refractivity contribution in [2.75, 3.05) is 52.4 Å². The monoisotopic (exact) mass is 459 g/mol. The molecule has 1 N–H and O–H groups in total. The maximum absolute atomic E-state index is 5.67. The zero-order valence-electron chi connectivity index (χ0n) is 19.5. The summed E-state index contributed by atoms with van der Waals surface area (Å²) in [5.74, 6) is 2.05. The fourth-order valence-corrected chi connectivity index (χ4v) is 4.25. The number of nitrogens with one attached hydrogen (secondary N) is 1. The smallest absolute Gasteiger partial charge is 0.245 e. The van der Waals surface area contributed by atoms with E-state index in [9.17, 15) is 0 Å². The van der Waals surface area contributed by atoms with E-state index in [4.69, 9.17) is 19.3 Å². The van der Waals surface area contributed by atoms with Gasteiger partial charge in [-0.05, 0) is 48.4 Å². The predicted octanol–water partition coefficient (Wildman–Crippen LogP) is 4.03. The summed E-state index contributed by atoms with van der Waals surface area (Å²) in [4.78, 5) is 6.93. The van der Waals surface area contributed by atoms with Gasteiger partial charge in [-0.3, -0.25) is 4.90 Å². The second kappa shape index (κ2) is 10.1. The third kappa shape index (κ3) is 4.69. The quantitative estimate of drug-likeness (QED) is 0.426. The van der Waals surface area contributed by atoms with E-state index in [1.807, 2.05) is 47.0 Å². The minimum atomic E-state index is 0.485. The molecule has 2 aromatic carbocycles. The number of hydrogen-bond acceptors (Lipinski definition) is 7. The number of hydrogen-bond donors (Lipinski definition) is 1. The van der Waals surface area contributed by atoms with Gasteiger partial charge in [-0.15, -0.1) is 5.10 Å². The van der Waals surface area contributed by atoms with Gasteiger partial charge in [0.25, 0.3) is 0 Å². The maximum Gasteiger partial charge on any atom is 0.245 e. The Bertz CT molecular complexity index is 1270. The number of anilines is 2. The molecule has 0 radical (unpaired) electrons. The summed E-state index contributed by atoms with van der Waals surface area (Å²) in [6.07, 6.45) is 2.77. The van der Waals surface area contributed by atoms with Gasteiger partial charge in [-0.1, -0.05) is 18.2 Å². The molecule has 0 unspecified atom stereocenters. The molecule has 1 saturated heterocycles. The van der Waals surface area contributed by atoms with Crippen molar-refractivity contribution in [3.8, 4) is 22.8 Å². The van der Waals surface area contributed by atoms with Gasteiger partial charge in [-0.2, -0.15) is 0 Å². The molecule has 0 bridgehead atoms. The van der Waals surface area contributed by atoms with Gasteiger partial charge in [-0.25, -0.2) is 9.50 Å². The van der Waals surface area contributed by atoms with Gasteiger partial charge in [0.2, 0.25) is 5.95 Å². The molecule has 8 heteroatoms. The second-order valence-corrected chi connectivity index (χ2v) is 8.20. The molecule has 1 fully saturated rings. The number of ether oxygens (including phenoxy) is 3. The predicted molar refractivity (Wildman–Crippen MR) is 132 cm³/mol. The highest BCUT2D eigenvalue weighted by Gasteiger charge is 2.14. The highest BCUT2D eigenvalue weighted by Crippen LogP contribution is 2.32.